The highest BCUT2D eigenvalue weighted by atomic mass is 16.7. The fourth-order valence-electron chi connectivity index (χ4n) is 2.31. The molecular weight excluding hydrogens is 260 g/mol. The van der Waals surface area contributed by atoms with E-state index in [1.165, 1.54) is 0 Å². The Kier molecular flexibility index (Phi) is 3.92. The van der Waals surface area contributed by atoms with Crippen LogP contribution in [0, 0.1) is 0 Å². The molecule has 0 unspecified atom stereocenters. The molecule has 0 bridgehead atoms. The number of amides is 2. The molecule has 0 aliphatic carbocycles. The van der Waals surface area contributed by atoms with Gasteiger partial charge in [0.1, 0.15) is 0 Å². The number of carbonyl (C=O) groups is 1. The van der Waals surface area contributed by atoms with Gasteiger partial charge in [-0.25, -0.2) is 4.79 Å². The predicted octanol–water partition coefficient (Wildman–Crippen LogP) is 1.39. The number of hydrogen-bond acceptors (Lipinski definition) is 4. The zero-order chi connectivity index (χ0) is 13.8. The molecule has 1 saturated heterocycles. The van der Waals surface area contributed by atoms with Crippen molar-refractivity contribution in [3.63, 3.8) is 0 Å². The molecule has 2 amide bonds. The third-order valence-corrected chi connectivity index (χ3v) is 3.40. The van der Waals surface area contributed by atoms with E-state index in [2.05, 4.69) is 10.6 Å². The summed E-state index contributed by atoms with van der Waals surface area (Å²) in [7, 11) is 0. The third-order valence-electron chi connectivity index (χ3n) is 3.40. The summed E-state index contributed by atoms with van der Waals surface area (Å²) in [6.45, 7) is 2.07. The van der Waals surface area contributed by atoms with Gasteiger partial charge in [0.2, 0.25) is 6.79 Å². The number of nitrogens with one attached hydrogen (secondary N) is 2. The second kappa shape index (κ2) is 6.00. The second-order valence-corrected chi connectivity index (χ2v) is 4.89. The minimum absolute atomic E-state index is 0.159. The zero-order valence-electron chi connectivity index (χ0n) is 11.2. The molecule has 1 aromatic carbocycles. The van der Waals surface area contributed by atoms with Gasteiger partial charge in [0.25, 0.3) is 0 Å². The number of carbonyl (C=O) groups excluding carboxylic acids is 1. The summed E-state index contributed by atoms with van der Waals surface area (Å²) >= 11 is 0. The first kappa shape index (κ1) is 13.1. The van der Waals surface area contributed by atoms with Crippen LogP contribution in [0.15, 0.2) is 18.2 Å². The molecule has 2 aliphatic heterocycles. The minimum Gasteiger partial charge on any atom is -0.454 e. The Balaban J connectivity index is 1.43. The molecule has 3 rings (SSSR count). The number of hydrogen-bond donors (Lipinski definition) is 2. The Morgan fingerprint density at radius 1 is 1.25 bits per heavy atom. The number of urea groups is 1. The van der Waals surface area contributed by atoms with E-state index in [1.807, 2.05) is 18.2 Å². The maximum atomic E-state index is 11.7. The summed E-state index contributed by atoms with van der Waals surface area (Å²) in [5.41, 5.74) is 0.974. The van der Waals surface area contributed by atoms with Gasteiger partial charge in [-0.2, -0.15) is 0 Å². The molecule has 2 aliphatic rings. The van der Waals surface area contributed by atoms with Crippen LogP contribution in [0.3, 0.4) is 0 Å². The lowest BCUT2D eigenvalue weighted by atomic mass is 10.2. The van der Waals surface area contributed by atoms with Crippen molar-refractivity contribution in [3.8, 4) is 11.5 Å². The highest BCUT2D eigenvalue weighted by molar-refractivity contribution is 5.73. The van der Waals surface area contributed by atoms with Gasteiger partial charge in [-0.15, -0.1) is 0 Å². The summed E-state index contributed by atoms with van der Waals surface area (Å²) in [5, 5.41) is 5.63. The molecule has 0 aromatic heterocycles. The number of ether oxygens (including phenoxy) is 3. The van der Waals surface area contributed by atoms with Gasteiger partial charge in [-0.3, -0.25) is 0 Å². The summed E-state index contributed by atoms with van der Waals surface area (Å²) < 4.78 is 16.0. The van der Waals surface area contributed by atoms with Crippen LogP contribution >= 0.6 is 0 Å². The van der Waals surface area contributed by atoms with Crippen molar-refractivity contribution in [1.29, 1.82) is 0 Å². The first-order valence-corrected chi connectivity index (χ1v) is 6.83. The Morgan fingerprint density at radius 3 is 3.00 bits per heavy atom. The predicted molar refractivity (Wildman–Crippen MR) is 71.8 cm³/mol. The van der Waals surface area contributed by atoms with Crippen LogP contribution in [0.4, 0.5) is 4.79 Å². The van der Waals surface area contributed by atoms with Crippen molar-refractivity contribution in [1.82, 2.24) is 10.6 Å². The summed E-state index contributed by atoms with van der Waals surface area (Å²) in [6.07, 6.45) is 2.25. The quantitative estimate of drug-likeness (QED) is 0.873. The Bertz CT molecular complexity index is 486. The standard InChI is InChI=1S/C14H18N2O4/c17-14(16-8-11-2-1-5-18-11)15-7-10-3-4-12-13(6-10)20-9-19-12/h3-4,6,11H,1-2,5,7-9H2,(H2,15,16,17)/t11-/m0/s1. The van der Waals surface area contributed by atoms with E-state index in [4.69, 9.17) is 14.2 Å². The Hall–Kier alpha value is -1.95. The van der Waals surface area contributed by atoms with Gasteiger partial charge < -0.3 is 24.8 Å². The van der Waals surface area contributed by atoms with Gasteiger partial charge in [0, 0.05) is 19.7 Å². The monoisotopic (exact) mass is 278 g/mol. The van der Waals surface area contributed by atoms with E-state index < -0.39 is 0 Å². The van der Waals surface area contributed by atoms with Gasteiger partial charge >= 0.3 is 6.03 Å². The van der Waals surface area contributed by atoms with Crippen molar-refractivity contribution in [3.05, 3.63) is 23.8 Å². The molecule has 0 spiro atoms. The third kappa shape index (κ3) is 3.14. The Morgan fingerprint density at radius 2 is 2.15 bits per heavy atom. The van der Waals surface area contributed by atoms with Crippen molar-refractivity contribution in [2.45, 2.75) is 25.5 Å². The van der Waals surface area contributed by atoms with Gasteiger partial charge in [-0.1, -0.05) is 6.07 Å². The molecule has 6 nitrogen and oxygen atoms in total. The lowest BCUT2D eigenvalue weighted by molar-refractivity contribution is 0.111. The fourth-order valence-corrected chi connectivity index (χ4v) is 2.31. The van der Waals surface area contributed by atoms with Gasteiger partial charge in [-0.05, 0) is 30.5 Å². The van der Waals surface area contributed by atoms with Crippen LogP contribution in [0.5, 0.6) is 11.5 Å². The molecule has 20 heavy (non-hydrogen) atoms. The number of fused-ring (bicyclic) bond motifs is 1. The fraction of sp³-hybridized carbons (Fsp3) is 0.500. The topological polar surface area (TPSA) is 68.8 Å². The lowest BCUT2D eigenvalue weighted by Crippen LogP contribution is -2.39. The highest BCUT2D eigenvalue weighted by Gasteiger charge is 2.16. The average molecular weight is 278 g/mol. The maximum Gasteiger partial charge on any atom is 0.315 e. The maximum absolute atomic E-state index is 11.7. The van der Waals surface area contributed by atoms with Crippen LogP contribution < -0.4 is 20.1 Å². The average Bonchev–Trinajstić information content (AvgIpc) is 3.13. The summed E-state index contributed by atoms with van der Waals surface area (Å²) in [4.78, 5) is 11.7. The molecule has 108 valence electrons. The van der Waals surface area contributed by atoms with E-state index in [9.17, 15) is 4.79 Å². The Labute approximate surface area is 117 Å². The van der Waals surface area contributed by atoms with E-state index in [-0.39, 0.29) is 18.9 Å². The van der Waals surface area contributed by atoms with Crippen LogP contribution in [0.25, 0.3) is 0 Å². The summed E-state index contributed by atoms with van der Waals surface area (Å²) in [5.74, 6) is 1.47. The van der Waals surface area contributed by atoms with Crippen molar-refractivity contribution < 1.29 is 19.0 Å². The molecule has 0 radical (unpaired) electrons. The molecule has 1 aromatic rings. The van der Waals surface area contributed by atoms with Crippen molar-refractivity contribution >= 4 is 6.03 Å². The highest BCUT2D eigenvalue weighted by Crippen LogP contribution is 2.32. The largest absolute Gasteiger partial charge is 0.454 e. The molecule has 0 saturated carbocycles. The van der Waals surface area contributed by atoms with Crippen molar-refractivity contribution in [2.24, 2.45) is 0 Å². The lowest BCUT2D eigenvalue weighted by Gasteiger charge is -2.11. The van der Waals surface area contributed by atoms with E-state index in [0.717, 1.165) is 36.5 Å². The first-order valence-electron chi connectivity index (χ1n) is 6.83. The van der Waals surface area contributed by atoms with Gasteiger partial charge in [0.05, 0.1) is 6.10 Å². The summed E-state index contributed by atoms with van der Waals surface area (Å²) in [6, 6.07) is 5.46. The smallest absolute Gasteiger partial charge is 0.315 e. The van der Waals surface area contributed by atoms with E-state index in [0.29, 0.717) is 13.1 Å². The SMILES string of the molecule is O=C(NCc1ccc2c(c1)OCO2)NC[C@@H]1CCCO1. The van der Waals surface area contributed by atoms with Crippen LogP contribution in [-0.4, -0.2) is 32.1 Å². The molecule has 6 heteroatoms. The van der Waals surface area contributed by atoms with E-state index in [1.54, 1.807) is 0 Å². The van der Waals surface area contributed by atoms with Crippen molar-refractivity contribution in [2.75, 3.05) is 19.9 Å². The second-order valence-electron chi connectivity index (χ2n) is 4.89. The van der Waals surface area contributed by atoms with Gasteiger partial charge in [0.15, 0.2) is 11.5 Å². The number of benzene rings is 1. The zero-order valence-corrected chi connectivity index (χ0v) is 11.2. The normalized spacial score (nSPS) is 19.9. The molecule has 1 fully saturated rings. The molecule has 2 heterocycles. The van der Waals surface area contributed by atoms with Crippen LogP contribution in [0.2, 0.25) is 0 Å². The minimum atomic E-state index is -0.182. The molecule has 2 N–H and O–H groups in total. The van der Waals surface area contributed by atoms with Crippen LogP contribution in [0.1, 0.15) is 18.4 Å². The first-order chi connectivity index (χ1) is 9.81. The van der Waals surface area contributed by atoms with E-state index >= 15 is 0 Å². The number of rotatable bonds is 4. The molecule has 1 atom stereocenters. The molecular formula is C14H18N2O4. The van der Waals surface area contributed by atoms with Crippen LogP contribution in [-0.2, 0) is 11.3 Å².